The van der Waals surface area contributed by atoms with Crippen LogP contribution >= 0.6 is 0 Å². The van der Waals surface area contributed by atoms with Gasteiger partial charge in [0.25, 0.3) is 0 Å². The number of hydrogen-bond acceptors (Lipinski definition) is 4. The molecule has 1 heterocycles. The summed E-state index contributed by atoms with van der Waals surface area (Å²) < 4.78 is 5.09. The Balaban J connectivity index is 1.90. The van der Waals surface area contributed by atoms with E-state index in [1.165, 1.54) is 6.08 Å². The molecule has 1 aliphatic heterocycles. The third-order valence-electron chi connectivity index (χ3n) is 4.03. The van der Waals surface area contributed by atoms with E-state index in [9.17, 15) is 9.59 Å². The van der Waals surface area contributed by atoms with Gasteiger partial charge in [-0.25, -0.2) is 0 Å². The first-order valence-electron chi connectivity index (χ1n) is 8.65. The Kier molecular flexibility index (Phi) is 7.01. The van der Waals surface area contributed by atoms with Gasteiger partial charge in [0, 0.05) is 17.8 Å². The van der Waals surface area contributed by atoms with E-state index in [2.05, 4.69) is 29.8 Å². The monoisotopic (exact) mass is 345 g/mol. The summed E-state index contributed by atoms with van der Waals surface area (Å²) >= 11 is 0. The van der Waals surface area contributed by atoms with Crippen LogP contribution in [-0.2, 0) is 9.59 Å². The highest BCUT2D eigenvalue weighted by atomic mass is 16.5. The minimum Gasteiger partial charge on any atom is -0.497 e. The molecule has 2 rings (SSSR count). The number of methoxy groups -OCH3 is 1. The molecule has 0 aliphatic carbocycles. The van der Waals surface area contributed by atoms with Crippen molar-refractivity contribution in [1.29, 1.82) is 0 Å². The lowest BCUT2D eigenvalue weighted by molar-refractivity contribution is -0.125. The topological polar surface area (TPSA) is 79.5 Å². The molecule has 0 unspecified atom stereocenters. The smallest absolute Gasteiger partial charge is 0.248 e. The van der Waals surface area contributed by atoms with Crippen LogP contribution in [-0.4, -0.2) is 37.6 Å². The van der Waals surface area contributed by atoms with Crippen molar-refractivity contribution < 1.29 is 14.3 Å². The fourth-order valence-electron chi connectivity index (χ4n) is 2.55. The summed E-state index contributed by atoms with van der Waals surface area (Å²) in [6.07, 6.45) is 4.88. The van der Waals surface area contributed by atoms with Gasteiger partial charge >= 0.3 is 0 Å². The van der Waals surface area contributed by atoms with Gasteiger partial charge in [0.15, 0.2) is 0 Å². The molecule has 0 bridgehead atoms. The van der Waals surface area contributed by atoms with Gasteiger partial charge in [0.05, 0.1) is 13.2 Å². The molecule has 6 heteroatoms. The van der Waals surface area contributed by atoms with Crippen LogP contribution in [0.1, 0.15) is 26.7 Å². The van der Waals surface area contributed by atoms with Crippen LogP contribution in [0.25, 0.3) is 0 Å². The molecule has 25 heavy (non-hydrogen) atoms. The lowest BCUT2D eigenvalue weighted by Crippen LogP contribution is -2.55. The molecule has 0 radical (unpaired) electrons. The summed E-state index contributed by atoms with van der Waals surface area (Å²) in [4.78, 5) is 24.2. The number of carbonyl (C=O) groups excluding carboxylic acids is 2. The van der Waals surface area contributed by atoms with E-state index in [0.29, 0.717) is 11.6 Å². The Hall–Kier alpha value is -2.34. The third-order valence-corrected chi connectivity index (χ3v) is 4.03. The predicted octanol–water partition coefficient (Wildman–Crippen LogP) is 2.08. The first-order chi connectivity index (χ1) is 12.0. The average Bonchev–Trinajstić information content (AvgIpc) is 2.51. The Labute approximate surface area is 149 Å². The largest absolute Gasteiger partial charge is 0.497 e. The molecule has 2 atom stereocenters. The molecule has 1 fully saturated rings. The van der Waals surface area contributed by atoms with E-state index < -0.39 is 0 Å². The number of carbonyl (C=O) groups is 2. The average molecular weight is 345 g/mol. The van der Waals surface area contributed by atoms with Crippen molar-refractivity contribution in [2.45, 2.75) is 38.8 Å². The van der Waals surface area contributed by atoms with Crippen molar-refractivity contribution in [3.05, 3.63) is 36.4 Å². The fraction of sp³-hybridized carbons (Fsp3) is 0.474. The minimum atomic E-state index is -0.227. The molecule has 136 valence electrons. The summed E-state index contributed by atoms with van der Waals surface area (Å²) in [6.45, 7) is 5.06. The number of rotatable bonds is 8. The van der Waals surface area contributed by atoms with E-state index in [1.54, 1.807) is 37.5 Å². The van der Waals surface area contributed by atoms with E-state index >= 15 is 0 Å². The van der Waals surface area contributed by atoms with Gasteiger partial charge in [-0.15, -0.1) is 0 Å². The van der Waals surface area contributed by atoms with Gasteiger partial charge in [0.2, 0.25) is 11.8 Å². The summed E-state index contributed by atoms with van der Waals surface area (Å²) in [6, 6.07) is 6.87. The second-order valence-electron chi connectivity index (χ2n) is 6.62. The molecule has 3 N–H and O–H groups in total. The fourth-order valence-corrected chi connectivity index (χ4v) is 2.55. The van der Waals surface area contributed by atoms with Crippen LogP contribution in [0.4, 0.5) is 5.69 Å². The Bertz CT molecular complexity index is 607. The quantitative estimate of drug-likeness (QED) is 0.630. The van der Waals surface area contributed by atoms with E-state index in [4.69, 9.17) is 4.74 Å². The summed E-state index contributed by atoms with van der Waals surface area (Å²) in [5, 5.41) is 8.88. The van der Waals surface area contributed by atoms with Gasteiger partial charge in [-0.2, -0.15) is 0 Å². The van der Waals surface area contributed by atoms with Crippen molar-refractivity contribution >= 4 is 17.5 Å². The van der Waals surface area contributed by atoms with Gasteiger partial charge < -0.3 is 20.7 Å². The molecule has 1 saturated heterocycles. The van der Waals surface area contributed by atoms with Gasteiger partial charge in [-0.1, -0.05) is 19.9 Å². The predicted molar refractivity (Wildman–Crippen MR) is 98.6 cm³/mol. The van der Waals surface area contributed by atoms with Crippen LogP contribution in [0.5, 0.6) is 5.75 Å². The summed E-state index contributed by atoms with van der Waals surface area (Å²) in [5.41, 5.74) is 0.693. The standard InChI is InChI=1S/C19H27N3O3/c1-13(2)12-15(22-19(24)17-10-11-20-17)6-9-18(23)21-14-4-7-16(25-3)8-5-14/h4-9,13,15,17,20H,10-12H2,1-3H3,(H,21,23)(H,22,24)/t15-,17+/m1/s1. The number of nitrogens with one attached hydrogen (secondary N) is 3. The highest BCUT2D eigenvalue weighted by Crippen LogP contribution is 2.15. The van der Waals surface area contributed by atoms with Crippen molar-refractivity contribution in [1.82, 2.24) is 10.6 Å². The molecular formula is C19H27N3O3. The zero-order chi connectivity index (χ0) is 18.2. The Morgan fingerprint density at radius 1 is 1.32 bits per heavy atom. The molecule has 2 amide bonds. The molecule has 0 aromatic heterocycles. The van der Waals surface area contributed by atoms with E-state index in [1.807, 2.05) is 0 Å². The molecule has 1 aromatic rings. The zero-order valence-electron chi connectivity index (χ0n) is 15.0. The second-order valence-corrected chi connectivity index (χ2v) is 6.62. The minimum absolute atomic E-state index is 0.00267. The van der Waals surface area contributed by atoms with Crippen molar-refractivity contribution in [3.63, 3.8) is 0 Å². The van der Waals surface area contributed by atoms with Crippen LogP contribution < -0.4 is 20.7 Å². The first kappa shape index (κ1) is 19.0. The first-order valence-corrected chi connectivity index (χ1v) is 8.65. The zero-order valence-corrected chi connectivity index (χ0v) is 15.0. The molecular weight excluding hydrogens is 318 g/mol. The van der Waals surface area contributed by atoms with Crippen LogP contribution in [0.15, 0.2) is 36.4 Å². The molecule has 6 nitrogen and oxygen atoms in total. The Morgan fingerprint density at radius 3 is 2.52 bits per heavy atom. The maximum atomic E-state index is 12.1. The van der Waals surface area contributed by atoms with Crippen LogP contribution in [0.2, 0.25) is 0 Å². The lowest BCUT2D eigenvalue weighted by Gasteiger charge is -2.28. The highest BCUT2D eigenvalue weighted by Gasteiger charge is 2.25. The SMILES string of the molecule is COc1ccc(NC(=O)C=C[C@H](CC(C)C)NC(=O)[C@@H]2CCN2)cc1. The molecule has 1 aliphatic rings. The number of benzene rings is 1. The number of hydrogen-bond donors (Lipinski definition) is 3. The second kappa shape index (κ2) is 9.22. The van der Waals surface area contributed by atoms with Gasteiger partial charge in [-0.05, 0) is 49.6 Å². The number of anilines is 1. The maximum Gasteiger partial charge on any atom is 0.248 e. The lowest BCUT2D eigenvalue weighted by atomic mass is 10.0. The summed E-state index contributed by atoms with van der Waals surface area (Å²) in [5.74, 6) is 0.916. The van der Waals surface area contributed by atoms with Crippen molar-refractivity contribution in [2.24, 2.45) is 5.92 Å². The molecule has 0 saturated carbocycles. The van der Waals surface area contributed by atoms with Gasteiger partial charge in [0.1, 0.15) is 5.75 Å². The van der Waals surface area contributed by atoms with E-state index in [-0.39, 0.29) is 23.9 Å². The molecule has 0 spiro atoms. The third kappa shape index (κ3) is 6.23. The normalized spacial score (nSPS) is 17.8. The molecule has 1 aromatic carbocycles. The number of ether oxygens (including phenoxy) is 1. The van der Waals surface area contributed by atoms with Crippen molar-refractivity contribution in [2.75, 3.05) is 19.0 Å². The Morgan fingerprint density at radius 2 is 2.00 bits per heavy atom. The van der Waals surface area contributed by atoms with Crippen LogP contribution in [0, 0.1) is 5.92 Å². The van der Waals surface area contributed by atoms with E-state index in [0.717, 1.165) is 25.1 Å². The van der Waals surface area contributed by atoms with Gasteiger partial charge in [-0.3, -0.25) is 9.59 Å². The summed E-state index contributed by atoms with van der Waals surface area (Å²) in [7, 11) is 1.60. The van der Waals surface area contributed by atoms with Crippen molar-refractivity contribution in [3.8, 4) is 5.75 Å². The maximum absolute atomic E-state index is 12.1. The number of amides is 2. The van der Waals surface area contributed by atoms with Crippen LogP contribution in [0.3, 0.4) is 0 Å². The highest BCUT2D eigenvalue weighted by molar-refractivity contribution is 5.99.